The minimum atomic E-state index is 0.627. The standard InChI is InChI=1S/C10H12N4O/c11-3-1-9-12-5-7-10-8(15-6-13-10)2-4-14(7)9/h5-6H,1-4,11H2. The second kappa shape index (κ2) is 3.20. The van der Waals surface area contributed by atoms with E-state index in [1.807, 2.05) is 6.20 Å². The maximum Gasteiger partial charge on any atom is 0.181 e. The lowest BCUT2D eigenvalue weighted by Gasteiger charge is -2.14. The zero-order valence-corrected chi connectivity index (χ0v) is 8.31. The molecule has 0 amide bonds. The van der Waals surface area contributed by atoms with Crippen LogP contribution in [-0.4, -0.2) is 21.1 Å². The fraction of sp³-hybridized carbons (Fsp3) is 0.400. The van der Waals surface area contributed by atoms with Crippen molar-refractivity contribution in [3.63, 3.8) is 0 Å². The van der Waals surface area contributed by atoms with Crippen molar-refractivity contribution in [1.29, 1.82) is 0 Å². The Balaban J connectivity index is 2.11. The van der Waals surface area contributed by atoms with E-state index in [1.54, 1.807) is 0 Å². The van der Waals surface area contributed by atoms with Crippen LogP contribution in [0, 0.1) is 0 Å². The van der Waals surface area contributed by atoms with Crippen molar-refractivity contribution >= 4 is 0 Å². The van der Waals surface area contributed by atoms with Gasteiger partial charge in [0.2, 0.25) is 0 Å². The zero-order chi connectivity index (χ0) is 10.3. The number of hydrogen-bond donors (Lipinski definition) is 1. The van der Waals surface area contributed by atoms with E-state index in [0.717, 1.165) is 42.4 Å². The van der Waals surface area contributed by atoms with E-state index in [-0.39, 0.29) is 0 Å². The molecule has 2 aromatic rings. The summed E-state index contributed by atoms with van der Waals surface area (Å²) in [6.07, 6.45) is 5.05. The Kier molecular flexibility index (Phi) is 1.85. The first-order chi connectivity index (χ1) is 7.40. The molecule has 1 aliphatic rings. The van der Waals surface area contributed by atoms with E-state index < -0.39 is 0 Å². The van der Waals surface area contributed by atoms with Crippen LogP contribution >= 0.6 is 0 Å². The summed E-state index contributed by atoms with van der Waals surface area (Å²) < 4.78 is 7.48. The molecule has 5 heteroatoms. The molecule has 0 atom stereocenters. The number of fused-ring (bicyclic) bond motifs is 3. The second-order valence-corrected chi connectivity index (χ2v) is 3.62. The molecule has 78 valence electrons. The monoisotopic (exact) mass is 204 g/mol. The summed E-state index contributed by atoms with van der Waals surface area (Å²) in [6, 6.07) is 0. The highest BCUT2D eigenvalue weighted by Crippen LogP contribution is 2.28. The van der Waals surface area contributed by atoms with E-state index in [9.17, 15) is 0 Å². The Morgan fingerprint density at radius 3 is 3.27 bits per heavy atom. The largest absolute Gasteiger partial charge is 0.448 e. The topological polar surface area (TPSA) is 69.9 Å². The van der Waals surface area contributed by atoms with Gasteiger partial charge in [0.1, 0.15) is 17.3 Å². The van der Waals surface area contributed by atoms with Gasteiger partial charge in [-0.1, -0.05) is 0 Å². The predicted molar refractivity (Wildman–Crippen MR) is 54.2 cm³/mol. The Hall–Kier alpha value is -1.62. The number of imidazole rings is 1. The summed E-state index contributed by atoms with van der Waals surface area (Å²) in [6.45, 7) is 1.54. The number of aryl methyl sites for hydroxylation is 1. The molecule has 15 heavy (non-hydrogen) atoms. The highest BCUT2D eigenvalue weighted by atomic mass is 16.3. The van der Waals surface area contributed by atoms with E-state index >= 15 is 0 Å². The average molecular weight is 204 g/mol. The zero-order valence-electron chi connectivity index (χ0n) is 8.31. The SMILES string of the molecule is NCCc1ncc2n1CCc1ocnc1-2. The molecule has 3 rings (SSSR count). The van der Waals surface area contributed by atoms with Gasteiger partial charge in [-0.15, -0.1) is 0 Å². The molecule has 0 fully saturated rings. The Morgan fingerprint density at radius 1 is 1.47 bits per heavy atom. The Labute approximate surface area is 86.9 Å². The van der Waals surface area contributed by atoms with Crippen molar-refractivity contribution in [2.24, 2.45) is 5.73 Å². The van der Waals surface area contributed by atoms with Crippen LogP contribution in [0.4, 0.5) is 0 Å². The molecule has 3 heterocycles. The smallest absolute Gasteiger partial charge is 0.181 e. The molecular formula is C10H12N4O. The summed E-state index contributed by atoms with van der Waals surface area (Å²) in [4.78, 5) is 8.58. The van der Waals surface area contributed by atoms with Gasteiger partial charge in [-0.25, -0.2) is 9.97 Å². The van der Waals surface area contributed by atoms with Gasteiger partial charge in [-0.05, 0) is 6.54 Å². The molecule has 0 saturated heterocycles. The number of oxazole rings is 1. The third kappa shape index (κ3) is 1.20. The molecule has 0 bridgehead atoms. The number of nitrogens with two attached hydrogens (primary N) is 1. The van der Waals surface area contributed by atoms with Crippen molar-refractivity contribution in [2.45, 2.75) is 19.4 Å². The first-order valence-corrected chi connectivity index (χ1v) is 5.07. The maximum absolute atomic E-state index is 5.54. The van der Waals surface area contributed by atoms with E-state index in [2.05, 4.69) is 14.5 Å². The van der Waals surface area contributed by atoms with Crippen molar-refractivity contribution in [1.82, 2.24) is 14.5 Å². The lowest BCUT2D eigenvalue weighted by atomic mass is 10.1. The van der Waals surface area contributed by atoms with Crippen molar-refractivity contribution in [3.05, 3.63) is 24.2 Å². The summed E-state index contributed by atoms with van der Waals surface area (Å²) in [5, 5.41) is 0. The third-order valence-electron chi connectivity index (χ3n) is 2.75. The molecule has 0 radical (unpaired) electrons. The summed E-state index contributed by atoms with van der Waals surface area (Å²) in [5.41, 5.74) is 7.52. The molecule has 0 aromatic carbocycles. The van der Waals surface area contributed by atoms with E-state index in [4.69, 9.17) is 10.2 Å². The Morgan fingerprint density at radius 2 is 2.40 bits per heavy atom. The van der Waals surface area contributed by atoms with Gasteiger partial charge in [0.25, 0.3) is 0 Å². The summed E-state index contributed by atoms with van der Waals surface area (Å²) in [7, 11) is 0. The predicted octanol–water partition coefficient (Wildman–Crippen LogP) is 0.595. The van der Waals surface area contributed by atoms with E-state index in [0.29, 0.717) is 6.54 Å². The van der Waals surface area contributed by atoms with Gasteiger partial charge in [-0.3, -0.25) is 0 Å². The average Bonchev–Trinajstić information content (AvgIpc) is 2.83. The van der Waals surface area contributed by atoms with E-state index in [1.165, 1.54) is 6.39 Å². The van der Waals surface area contributed by atoms with Gasteiger partial charge in [0.05, 0.1) is 11.9 Å². The number of rotatable bonds is 2. The van der Waals surface area contributed by atoms with Crippen molar-refractivity contribution < 1.29 is 4.42 Å². The van der Waals surface area contributed by atoms with Crippen LogP contribution in [-0.2, 0) is 19.4 Å². The third-order valence-corrected chi connectivity index (χ3v) is 2.75. The first kappa shape index (κ1) is 8.67. The quantitative estimate of drug-likeness (QED) is 0.777. The minimum absolute atomic E-state index is 0.627. The van der Waals surface area contributed by atoms with Crippen molar-refractivity contribution in [3.8, 4) is 11.4 Å². The van der Waals surface area contributed by atoms with Crippen LogP contribution in [0.25, 0.3) is 11.4 Å². The maximum atomic E-state index is 5.54. The van der Waals surface area contributed by atoms with Gasteiger partial charge in [0.15, 0.2) is 6.39 Å². The van der Waals surface area contributed by atoms with Gasteiger partial charge in [0, 0.05) is 19.4 Å². The van der Waals surface area contributed by atoms with Crippen molar-refractivity contribution in [2.75, 3.05) is 6.54 Å². The number of hydrogen-bond acceptors (Lipinski definition) is 4. The number of nitrogens with zero attached hydrogens (tertiary/aromatic N) is 3. The summed E-state index contributed by atoms with van der Waals surface area (Å²) in [5.74, 6) is 2.00. The van der Waals surface area contributed by atoms with Crippen LogP contribution in [0.15, 0.2) is 17.0 Å². The molecule has 0 aliphatic carbocycles. The molecule has 2 N–H and O–H groups in total. The molecule has 0 saturated carbocycles. The van der Waals surface area contributed by atoms with Crippen LogP contribution in [0.1, 0.15) is 11.6 Å². The fourth-order valence-electron chi connectivity index (χ4n) is 2.05. The van der Waals surface area contributed by atoms with Crippen LogP contribution in [0.2, 0.25) is 0 Å². The highest BCUT2D eigenvalue weighted by molar-refractivity contribution is 5.58. The van der Waals surface area contributed by atoms with Gasteiger partial charge < -0.3 is 14.7 Å². The first-order valence-electron chi connectivity index (χ1n) is 5.07. The molecule has 0 spiro atoms. The lowest BCUT2D eigenvalue weighted by molar-refractivity contribution is 0.478. The summed E-state index contributed by atoms with van der Waals surface area (Å²) >= 11 is 0. The highest BCUT2D eigenvalue weighted by Gasteiger charge is 2.22. The van der Waals surface area contributed by atoms with Gasteiger partial charge >= 0.3 is 0 Å². The molecule has 5 nitrogen and oxygen atoms in total. The number of aromatic nitrogens is 3. The molecule has 1 aliphatic heterocycles. The lowest BCUT2D eigenvalue weighted by Crippen LogP contribution is -2.15. The molecular weight excluding hydrogens is 192 g/mol. The molecule has 0 unspecified atom stereocenters. The fourth-order valence-corrected chi connectivity index (χ4v) is 2.05. The molecule has 2 aromatic heterocycles. The van der Waals surface area contributed by atoms with Crippen LogP contribution in [0.5, 0.6) is 0 Å². The minimum Gasteiger partial charge on any atom is -0.448 e. The second-order valence-electron chi connectivity index (χ2n) is 3.62. The normalized spacial score (nSPS) is 13.7. The Bertz CT molecular complexity index is 485. The van der Waals surface area contributed by atoms with Crippen LogP contribution < -0.4 is 5.73 Å². The van der Waals surface area contributed by atoms with Crippen LogP contribution in [0.3, 0.4) is 0 Å². The van der Waals surface area contributed by atoms with Gasteiger partial charge in [-0.2, -0.15) is 0 Å².